The van der Waals surface area contributed by atoms with Crippen molar-refractivity contribution in [3.63, 3.8) is 0 Å². The summed E-state index contributed by atoms with van der Waals surface area (Å²) in [5.41, 5.74) is 0.816. The normalized spacial score (nSPS) is 11.5. The van der Waals surface area contributed by atoms with Gasteiger partial charge in [-0.25, -0.2) is 4.39 Å². The van der Waals surface area contributed by atoms with Gasteiger partial charge in [0.1, 0.15) is 5.82 Å². The van der Waals surface area contributed by atoms with E-state index in [2.05, 4.69) is 5.32 Å². The van der Waals surface area contributed by atoms with Crippen LogP contribution in [0, 0.1) is 5.82 Å². The number of methoxy groups -OCH3 is 1. The van der Waals surface area contributed by atoms with Gasteiger partial charge in [-0.15, -0.1) is 0 Å². The van der Waals surface area contributed by atoms with Gasteiger partial charge in [0.15, 0.2) is 0 Å². The lowest BCUT2D eigenvalue weighted by molar-refractivity contribution is 0.0185. The number of hydrogen-bond donors (Lipinski definition) is 1. The second kappa shape index (κ2) is 5.12. The number of ether oxygens (including phenoxy) is 1. The van der Waals surface area contributed by atoms with Crippen LogP contribution in [0.4, 0.5) is 10.1 Å². The minimum absolute atomic E-state index is 0.118. The molecule has 0 bridgehead atoms. The molecule has 0 fully saturated rings. The average Bonchev–Trinajstić information content (AvgIpc) is 2.21. The fourth-order valence-electron chi connectivity index (χ4n) is 1.18. The molecule has 0 spiro atoms. The van der Waals surface area contributed by atoms with Crippen molar-refractivity contribution in [1.82, 2.24) is 0 Å². The Bertz CT molecular complexity index is 295. The number of benzene rings is 1. The Morgan fingerprint density at radius 2 is 1.87 bits per heavy atom. The molecule has 3 heteroatoms. The molecule has 0 heterocycles. The minimum atomic E-state index is -0.210. The summed E-state index contributed by atoms with van der Waals surface area (Å²) in [6.07, 6.45) is 0.904. The third-order valence-electron chi connectivity index (χ3n) is 2.45. The highest BCUT2D eigenvalue weighted by Gasteiger charge is 2.14. The fraction of sp³-hybridized carbons (Fsp3) is 0.500. The number of nitrogens with one attached hydrogen (secondary N) is 1. The van der Waals surface area contributed by atoms with E-state index in [1.165, 1.54) is 12.1 Å². The van der Waals surface area contributed by atoms with E-state index in [1.807, 2.05) is 13.8 Å². The van der Waals surface area contributed by atoms with Gasteiger partial charge >= 0.3 is 0 Å². The van der Waals surface area contributed by atoms with Crippen LogP contribution in [0.15, 0.2) is 24.3 Å². The van der Waals surface area contributed by atoms with Crippen molar-refractivity contribution in [2.45, 2.75) is 25.9 Å². The molecule has 0 radical (unpaired) electrons. The monoisotopic (exact) mass is 211 g/mol. The quantitative estimate of drug-likeness (QED) is 0.808. The maximum Gasteiger partial charge on any atom is 0.123 e. The molecule has 0 aliphatic carbocycles. The smallest absolute Gasteiger partial charge is 0.123 e. The largest absolute Gasteiger partial charge is 0.385 e. The van der Waals surface area contributed by atoms with E-state index in [9.17, 15) is 4.39 Å². The molecule has 1 aromatic carbocycles. The van der Waals surface area contributed by atoms with E-state index in [0.717, 1.165) is 18.7 Å². The number of hydrogen-bond acceptors (Lipinski definition) is 2. The van der Waals surface area contributed by atoms with Gasteiger partial charge in [-0.3, -0.25) is 0 Å². The average molecular weight is 211 g/mol. The van der Waals surface area contributed by atoms with Crippen molar-refractivity contribution >= 4 is 5.69 Å². The third kappa shape index (κ3) is 4.30. The zero-order chi connectivity index (χ0) is 11.3. The second-order valence-electron chi connectivity index (χ2n) is 4.15. The van der Waals surface area contributed by atoms with Crippen LogP contribution in [0.5, 0.6) is 0 Å². The summed E-state index contributed by atoms with van der Waals surface area (Å²) < 4.78 is 17.9. The van der Waals surface area contributed by atoms with E-state index in [1.54, 1.807) is 19.2 Å². The lowest BCUT2D eigenvalue weighted by atomic mass is 10.1. The number of rotatable bonds is 5. The fourth-order valence-corrected chi connectivity index (χ4v) is 1.18. The highest BCUT2D eigenvalue weighted by Crippen LogP contribution is 2.14. The van der Waals surface area contributed by atoms with E-state index >= 15 is 0 Å². The predicted octanol–water partition coefficient (Wildman–Crippen LogP) is 3.05. The first kappa shape index (κ1) is 12.0. The molecule has 0 atom stereocenters. The first-order valence-electron chi connectivity index (χ1n) is 5.08. The highest BCUT2D eigenvalue weighted by molar-refractivity contribution is 5.42. The molecule has 1 rings (SSSR count). The van der Waals surface area contributed by atoms with Gasteiger partial charge in [-0.05, 0) is 44.5 Å². The Balaban J connectivity index is 2.35. The summed E-state index contributed by atoms with van der Waals surface area (Å²) in [5.74, 6) is -0.210. The molecule has 0 amide bonds. The Labute approximate surface area is 90.4 Å². The summed E-state index contributed by atoms with van der Waals surface area (Å²) in [4.78, 5) is 0. The van der Waals surface area contributed by atoms with Crippen LogP contribution in [0.25, 0.3) is 0 Å². The summed E-state index contributed by atoms with van der Waals surface area (Å²) in [7, 11) is 1.71. The Morgan fingerprint density at radius 3 is 2.40 bits per heavy atom. The molecule has 0 aliphatic heterocycles. The van der Waals surface area contributed by atoms with Crippen molar-refractivity contribution in [3.05, 3.63) is 30.1 Å². The summed E-state index contributed by atoms with van der Waals surface area (Å²) in [5, 5.41) is 3.22. The van der Waals surface area contributed by atoms with E-state index in [0.29, 0.717) is 0 Å². The molecular weight excluding hydrogens is 193 g/mol. The number of anilines is 1. The summed E-state index contributed by atoms with van der Waals surface area (Å²) in [6, 6.07) is 6.36. The first-order chi connectivity index (χ1) is 7.03. The SMILES string of the molecule is COC(C)(C)CCNc1ccc(F)cc1. The van der Waals surface area contributed by atoms with Crippen LogP contribution in [0.3, 0.4) is 0 Å². The maximum atomic E-state index is 12.6. The van der Waals surface area contributed by atoms with Gasteiger partial charge in [-0.2, -0.15) is 0 Å². The predicted molar refractivity (Wildman–Crippen MR) is 60.6 cm³/mol. The van der Waals surface area contributed by atoms with Gasteiger partial charge < -0.3 is 10.1 Å². The molecule has 1 aromatic rings. The molecule has 0 unspecified atom stereocenters. The van der Waals surface area contributed by atoms with Crippen molar-refractivity contribution in [2.24, 2.45) is 0 Å². The standard InChI is InChI=1S/C12H18FNO/c1-12(2,15-3)8-9-14-11-6-4-10(13)5-7-11/h4-7,14H,8-9H2,1-3H3. The zero-order valence-electron chi connectivity index (χ0n) is 9.51. The summed E-state index contributed by atoms with van der Waals surface area (Å²) >= 11 is 0. The molecule has 0 aliphatic rings. The lowest BCUT2D eigenvalue weighted by Gasteiger charge is -2.23. The lowest BCUT2D eigenvalue weighted by Crippen LogP contribution is -2.25. The van der Waals surface area contributed by atoms with Crippen molar-refractivity contribution in [2.75, 3.05) is 19.0 Å². The van der Waals surface area contributed by atoms with Gasteiger partial charge in [0.2, 0.25) is 0 Å². The van der Waals surface area contributed by atoms with Crippen LogP contribution in [-0.4, -0.2) is 19.3 Å². The van der Waals surface area contributed by atoms with E-state index in [-0.39, 0.29) is 11.4 Å². The van der Waals surface area contributed by atoms with Crippen LogP contribution >= 0.6 is 0 Å². The molecule has 0 saturated carbocycles. The highest BCUT2D eigenvalue weighted by atomic mass is 19.1. The van der Waals surface area contributed by atoms with Gasteiger partial charge in [-0.1, -0.05) is 0 Å². The topological polar surface area (TPSA) is 21.3 Å². The third-order valence-corrected chi connectivity index (χ3v) is 2.45. The van der Waals surface area contributed by atoms with Crippen molar-refractivity contribution < 1.29 is 9.13 Å². The van der Waals surface area contributed by atoms with Crippen LogP contribution in [-0.2, 0) is 4.74 Å². The van der Waals surface area contributed by atoms with Crippen molar-refractivity contribution in [3.8, 4) is 0 Å². The molecule has 84 valence electrons. The molecule has 15 heavy (non-hydrogen) atoms. The van der Waals surface area contributed by atoms with Gasteiger partial charge in [0.05, 0.1) is 5.60 Å². The van der Waals surface area contributed by atoms with Crippen molar-refractivity contribution in [1.29, 1.82) is 0 Å². The van der Waals surface area contributed by atoms with Crippen LogP contribution in [0.1, 0.15) is 20.3 Å². The minimum Gasteiger partial charge on any atom is -0.385 e. The zero-order valence-corrected chi connectivity index (χ0v) is 9.51. The molecule has 0 aromatic heterocycles. The van der Waals surface area contributed by atoms with E-state index < -0.39 is 0 Å². The Morgan fingerprint density at radius 1 is 1.27 bits per heavy atom. The summed E-state index contributed by atoms with van der Waals surface area (Å²) in [6.45, 7) is 4.89. The molecule has 0 saturated heterocycles. The second-order valence-corrected chi connectivity index (χ2v) is 4.15. The Kier molecular flexibility index (Phi) is 4.09. The van der Waals surface area contributed by atoms with Gasteiger partial charge in [0.25, 0.3) is 0 Å². The molecular formula is C12H18FNO. The first-order valence-corrected chi connectivity index (χ1v) is 5.08. The van der Waals surface area contributed by atoms with E-state index in [4.69, 9.17) is 4.74 Å². The molecule has 1 N–H and O–H groups in total. The van der Waals surface area contributed by atoms with Crippen LogP contribution in [0.2, 0.25) is 0 Å². The number of halogens is 1. The van der Waals surface area contributed by atoms with Gasteiger partial charge in [0, 0.05) is 19.3 Å². The maximum absolute atomic E-state index is 12.6. The molecule has 2 nitrogen and oxygen atoms in total. The Hall–Kier alpha value is -1.09. The van der Waals surface area contributed by atoms with Crippen LogP contribution < -0.4 is 5.32 Å².